The van der Waals surface area contributed by atoms with Crippen LogP contribution in [0, 0.1) is 0 Å². The first-order valence-corrected chi connectivity index (χ1v) is 3.50. The van der Waals surface area contributed by atoms with Crippen molar-refractivity contribution < 1.29 is 18.3 Å². The highest BCUT2D eigenvalue weighted by Gasteiger charge is 2.44. The average molecular weight is 169 g/mol. The van der Waals surface area contributed by atoms with E-state index in [-0.39, 0.29) is 0 Å². The van der Waals surface area contributed by atoms with Crippen LogP contribution in [0.5, 0.6) is 0 Å². The Morgan fingerprint density at radius 3 is 2.45 bits per heavy atom. The molecule has 2 atom stereocenters. The van der Waals surface area contributed by atoms with Crippen LogP contribution >= 0.6 is 0 Å². The summed E-state index contributed by atoms with van der Waals surface area (Å²) in [4.78, 5) is 0. The molecule has 1 saturated heterocycles. The van der Waals surface area contributed by atoms with Gasteiger partial charge < -0.3 is 10.4 Å². The van der Waals surface area contributed by atoms with Gasteiger partial charge in [-0.2, -0.15) is 13.2 Å². The van der Waals surface area contributed by atoms with E-state index in [9.17, 15) is 13.2 Å². The van der Waals surface area contributed by atoms with Gasteiger partial charge in [0.1, 0.15) is 0 Å². The SMILES string of the molecule is O[C@@H](C1CCCN1)C(F)(F)F. The minimum absolute atomic E-state index is 0.403. The lowest BCUT2D eigenvalue weighted by molar-refractivity contribution is -0.210. The molecule has 0 bridgehead atoms. The fourth-order valence-electron chi connectivity index (χ4n) is 1.21. The van der Waals surface area contributed by atoms with Gasteiger partial charge in [-0.15, -0.1) is 0 Å². The van der Waals surface area contributed by atoms with Gasteiger partial charge in [0.05, 0.1) is 0 Å². The standard InChI is InChI=1S/C6H10F3NO/c7-6(8,9)5(11)4-2-1-3-10-4/h4-5,10-11H,1-3H2/t4?,5-/m0/s1. The molecule has 0 spiro atoms. The van der Waals surface area contributed by atoms with Gasteiger partial charge in [-0.3, -0.25) is 0 Å². The van der Waals surface area contributed by atoms with Crippen molar-refractivity contribution in [2.24, 2.45) is 0 Å². The van der Waals surface area contributed by atoms with Crippen LogP contribution in [0.4, 0.5) is 13.2 Å². The molecule has 0 aliphatic carbocycles. The minimum Gasteiger partial charge on any atom is -0.382 e. The van der Waals surface area contributed by atoms with E-state index in [1.807, 2.05) is 0 Å². The smallest absolute Gasteiger partial charge is 0.382 e. The highest BCUT2D eigenvalue weighted by Crippen LogP contribution is 2.25. The number of aliphatic hydroxyl groups excluding tert-OH is 1. The first-order chi connectivity index (χ1) is 5.02. The molecule has 0 radical (unpaired) electrons. The average Bonchev–Trinajstić information content (AvgIpc) is 2.34. The Balaban J connectivity index is 2.46. The summed E-state index contributed by atoms with van der Waals surface area (Å²) in [6.45, 7) is 0.567. The third kappa shape index (κ3) is 2.07. The summed E-state index contributed by atoms with van der Waals surface area (Å²) in [5.74, 6) is 0. The number of aliphatic hydroxyl groups is 1. The van der Waals surface area contributed by atoms with Crippen LogP contribution in [-0.2, 0) is 0 Å². The van der Waals surface area contributed by atoms with Crippen molar-refractivity contribution in [2.45, 2.75) is 31.2 Å². The molecule has 1 fully saturated rings. The zero-order valence-electron chi connectivity index (χ0n) is 5.86. The quantitative estimate of drug-likeness (QED) is 0.604. The van der Waals surface area contributed by atoms with Crippen molar-refractivity contribution in [1.82, 2.24) is 5.32 Å². The second kappa shape index (κ2) is 2.98. The molecule has 0 aromatic carbocycles. The fourth-order valence-corrected chi connectivity index (χ4v) is 1.21. The third-order valence-electron chi connectivity index (χ3n) is 1.81. The molecule has 1 aliphatic heterocycles. The van der Waals surface area contributed by atoms with Crippen molar-refractivity contribution in [3.8, 4) is 0 Å². The van der Waals surface area contributed by atoms with Crippen LogP contribution in [0.2, 0.25) is 0 Å². The van der Waals surface area contributed by atoms with E-state index in [0.29, 0.717) is 19.4 Å². The molecule has 11 heavy (non-hydrogen) atoms. The first-order valence-electron chi connectivity index (χ1n) is 3.50. The molecule has 5 heteroatoms. The van der Waals surface area contributed by atoms with Crippen molar-refractivity contribution >= 4 is 0 Å². The van der Waals surface area contributed by atoms with Crippen molar-refractivity contribution in [1.29, 1.82) is 0 Å². The zero-order valence-corrected chi connectivity index (χ0v) is 5.86. The Labute approximate surface area is 62.4 Å². The molecule has 0 aromatic rings. The van der Waals surface area contributed by atoms with Crippen LogP contribution in [0.25, 0.3) is 0 Å². The maximum atomic E-state index is 11.8. The van der Waals surface area contributed by atoms with E-state index in [4.69, 9.17) is 5.11 Å². The molecule has 1 heterocycles. The normalized spacial score (nSPS) is 28.9. The highest BCUT2D eigenvalue weighted by molar-refractivity contribution is 4.85. The maximum Gasteiger partial charge on any atom is 0.415 e. The van der Waals surface area contributed by atoms with E-state index in [1.54, 1.807) is 0 Å². The predicted octanol–water partition coefficient (Wildman–Crippen LogP) is 0.662. The highest BCUT2D eigenvalue weighted by atomic mass is 19.4. The minimum atomic E-state index is -4.48. The van der Waals surface area contributed by atoms with Crippen molar-refractivity contribution in [3.63, 3.8) is 0 Å². The molecule has 1 rings (SSSR count). The molecule has 66 valence electrons. The van der Waals surface area contributed by atoms with Crippen molar-refractivity contribution in [3.05, 3.63) is 0 Å². The fraction of sp³-hybridized carbons (Fsp3) is 1.00. The van der Waals surface area contributed by atoms with E-state index in [1.165, 1.54) is 0 Å². The van der Waals surface area contributed by atoms with Gasteiger partial charge >= 0.3 is 6.18 Å². The summed E-state index contributed by atoms with van der Waals surface area (Å²) in [5.41, 5.74) is 0. The van der Waals surface area contributed by atoms with Crippen LogP contribution < -0.4 is 5.32 Å². The monoisotopic (exact) mass is 169 g/mol. The van der Waals surface area contributed by atoms with E-state index in [0.717, 1.165) is 0 Å². The summed E-state index contributed by atoms with van der Waals surface area (Å²) >= 11 is 0. The predicted molar refractivity (Wildman–Crippen MR) is 33.1 cm³/mol. The Hall–Kier alpha value is -0.290. The Kier molecular flexibility index (Phi) is 2.39. The lowest BCUT2D eigenvalue weighted by Gasteiger charge is -2.20. The largest absolute Gasteiger partial charge is 0.415 e. The lowest BCUT2D eigenvalue weighted by atomic mass is 10.1. The van der Waals surface area contributed by atoms with E-state index < -0.39 is 18.3 Å². The van der Waals surface area contributed by atoms with Gasteiger partial charge in [0.15, 0.2) is 6.10 Å². The summed E-state index contributed by atoms with van der Waals surface area (Å²) in [7, 11) is 0. The second-order valence-corrected chi connectivity index (χ2v) is 2.69. The Bertz CT molecular complexity index is 130. The molecule has 0 amide bonds. The van der Waals surface area contributed by atoms with Crippen LogP contribution in [0.15, 0.2) is 0 Å². The summed E-state index contributed by atoms with van der Waals surface area (Å²) < 4.78 is 35.4. The number of hydrogen-bond acceptors (Lipinski definition) is 2. The zero-order chi connectivity index (χ0) is 8.48. The van der Waals surface area contributed by atoms with Gasteiger partial charge in [-0.05, 0) is 19.4 Å². The summed E-state index contributed by atoms with van der Waals surface area (Å²) in [6.07, 6.45) is -5.58. The van der Waals surface area contributed by atoms with E-state index >= 15 is 0 Å². The lowest BCUT2D eigenvalue weighted by Crippen LogP contribution is -2.44. The van der Waals surface area contributed by atoms with E-state index in [2.05, 4.69) is 5.32 Å². The van der Waals surface area contributed by atoms with Gasteiger partial charge in [0.2, 0.25) is 0 Å². The summed E-state index contributed by atoms with van der Waals surface area (Å²) in [6, 6.07) is -0.796. The van der Waals surface area contributed by atoms with Crippen LogP contribution in [0.1, 0.15) is 12.8 Å². The number of alkyl halides is 3. The topological polar surface area (TPSA) is 32.3 Å². The maximum absolute atomic E-state index is 11.8. The summed E-state index contributed by atoms with van der Waals surface area (Å²) in [5, 5.41) is 11.3. The molecule has 2 nitrogen and oxygen atoms in total. The second-order valence-electron chi connectivity index (χ2n) is 2.69. The molecule has 1 aliphatic rings. The van der Waals surface area contributed by atoms with Crippen LogP contribution in [0.3, 0.4) is 0 Å². The molecule has 2 N–H and O–H groups in total. The Morgan fingerprint density at radius 2 is 2.09 bits per heavy atom. The van der Waals surface area contributed by atoms with Crippen molar-refractivity contribution in [2.75, 3.05) is 6.54 Å². The molecule has 1 unspecified atom stereocenters. The first kappa shape index (κ1) is 8.80. The molecular weight excluding hydrogens is 159 g/mol. The Morgan fingerprint density at radius 1 is 1.45 bits per heavy atom. The molecule has 0 saturated carbocycles. The molecule has 0 aromatic heterocycles. The third-order valence-corrected chi connectivity index (χ3v) is 1.81. The number of halogens is 3. The van der Waals surface area contributed by atoms with Gasteiger partial charge in [0.25, 0.3) is 0 Å². The van der Waals surface area contributed by atoms with Gasteiger partial charge in [0, 0.05) is 6.04 Å². The van der Waals surface area contributed by atoms with Gasteiger partial charge in [-0.25, -0.2) is 0 Å². The molecular formula is C6H10F3NO. The number of rotatable bonds is 1. The number of hydrogen-bond donors (Lipinski definition) is 2. The number of nitrogens with one attached hydrogen (secondary N) is 1. The van der Waals surface area contributed by atoms with Crippen LogP contribution in [-0.4, -0.2) is 30.0 Å². The van der Waals surface area contributed by atoms with Gasteiger partial charge in [-0.1, -0.05) is 0 Å².